The number of aromatic nitrogens is 2. The van der Waals surface area contributed by atoms with E-state index in [2.05, 4.69) is 20.6 Å². The van der Waals surface area contributed by atoms with Crippen LogP contribution in [0.4, 0.5) is 5.69 Å². The molecule has 110 valence electrons. The number of hydrogen-bond acceptors (Lipinski definition) is 4. The zero-order valence-electron chi connectivity index (χ0n) is 12.8. The third-order valence-electron chi connectivity index (χ3n) is 3.51. The first-order valence-electron chi connectivity index (χ1n) is 6.90. The van der Waals surface area contributed by atoms with Gasteiger partial charge in [-0.2, -0.15) is 0 Å². The standard InChI is InChI=1S/C16H20N4O/c1-10-13(16(21)17-4)6-5-7-14(10)20-12(3)15-11(2)18-8-9-19-15/h5-9,12,20H,1-4H3,(H,17,21). The van der Waals surface area contributed by atoms with Gasteiger partial charge in [0.15, 0.2) is 0 Å². The third-order valence-corrected chi connectivity index (χ3v) is 3.51. The molecule has 0 radical (unpaired) electrons. The fourth-order valence-corrected chi connectivity index (χ4v) is 2.32. The molecule has 2 aromatic rings. The van der Waals surface area contributed by atoms with Gasteiger partial charge in [-0.05, 0) is 38.5 Å². The molecule has 5 heteroatoms. The first-order chi connectivity index (χ1) is 10.0. The van der Waals surface area contributed by atoms with E-state index in [9.17, 15) is 4.79 Å². The number of nitrogens with zero attached hydrogens (tertiary/aromatic N) is 2. The number of rotatable bonds is 4. The Labute approximate surface area is 124 Å². The van der Waals surface area contributed by atoms with Crippen molar-refractivity contribution in [2.45, 2.75) is 26.8 Å². The molecule has 0 aliphatic heterocycles. The Bertz CT molecular complexity index is 654. The second kappa shape index (κ2) is 6.35. The van der Waals surface area contributed by atoms with Gasteiger partial charge in [-0.1, -0.05) is 6.07 Å². The first-order valence-corrected chi connectivity index (χ1v) is 6.90. The van der Waals surface area contributed by atoms with E-state index in [1.54, 1.807) is 19.4 Å². The summed E-state index contributed by atoms with van der Waals surface area (Å²) in [6, 6.07) is 5.66. The van der Waals surface area contributed by atoms with E-state index >= 15 is 0 Å². The number of carbonyl (C=O) groups excluding carboxylic acids is 1. The maximum Gasteiger partial charge on any atom is 0.251 e. The van der Waals surface area contributed by atoms with Crippen LogP contribution in [0.15, 0.2) is 30.6 Å². The minimum absolute atomic E-state index is 0.0114. The summed E-state index contributed by atoms with van der Waals surface area (Å²) in [7, 11) is 1.63. The molecule has 0 aliphatic carbocycles. The molecule has 1 aromatic heterocycles. The van der Waals surface area contributed by atoms with E-state index in [4.69, 9.17) is 0 Å². The highest BCUT2D eigenvalue weighted by molar-refractivity contribution is 5.96. The predicted octanol–water partition coefficient (Wildman–Crippen LogP) is 2.63. The lowest BCUT2D eigenvalue weighted by Gasteiger charge is -2.19. The van der Waals surface area contributed by atoms with Gasteiger partial charge in [-0.25, -0.2) is 0 Å². The molecule has 0 spiro atoms. The fourth-order valence-electron chi connectivity index (χ4n) is 2.32. The fraction of sp³-hybridized carbons (Fsp3) is 0.312. The van der Waals surface area contributed by atoms with Crippen molar-refractivity contribution in [3.05, 3.63) is 53.1 Å². The van der Waals surface area contributed by atoms with Gasteiger partial charge in [0.1, 0.15) is 0 Å². The normalized spacial score (nSPS) is 11.8. The number of carbonyl (C=O) groups is 1. The molecule has 1 amide bonds. The summed E-state index contributed by atoms with van der Waals surface area (Å²) < 4.78 is 0. The molecule has 0 fully saturated rings. The lowest BCUT2D eigenvalue weighted by atomic mass is 10.0. The SMILES string of the molecule is CNC(=O)c1cccc(NC(C)c2nccnc2C)c1C. The van der Waals surface area contributed by atoms with Gasteiger partial charge >= 0.3 is 0 Å². The van der Waals surface area contributed by atoms with Crippen molar-refractivity contribution >= 4 is 11.6 Å². The summed E-state index contributed by atoms with van der Waals surface area (Å²) in [5.74, 6) is -0.0838. The highest BCUT2D eigenvalue weighted by atomic mass is 16.1. The Morgan fingerprint density at radius 2 is 1.90 bits per heavy atom. The quantitative estimate of drug-likeness (QED) is 0.905. The van der Waals surface area contributed by atoms with Crippen LogP contribution < -0.4 is 10.6 Å². The number of hydrogen-bond donors (Lipinski definition) is 2. The van der Waals surface area contributed by atoms with Gasteiger partial charge < -0.3 is 10.6 Å². The molecule has 1 atom stereocenters. The van der Waals surface area contributed by atoms with Crippen LogP contribution in [-0.4, -0.2) is 22.9 Å². The minimum Gasteiger partial charge on any atom is -0.377 e. The summed E-state index contributed by atoms with van der Waals surface area (Å²) in [6.45, 7) is 5.90. The maximum absolute atomic E-state index is 11.8. The van der Waals surface area contributed by atoms with Crippen molar-refractivity contribution in [1.29, 1.82) is 0 Å². The van der Waals surface area contributed by atoms with Gasteiger partial charge in [-0.15, -0.1) is 0 Å². The van der Waals surface area contributed by atoms with Crippen LogP contribution in [0.25, 0.3) is 0 Å². The van der Waals surface area contributed by atoms with Crippen molar-refractivity contribution < 1.29 is 4.79 Å². The summed E-state index contributed by atoms with van der Waals surface area (Å²) in [5, 5.41) is 6.06. The van der Waals surface area contributed by atoms with Crippen LogP contribution in [0.3, 0.4) is 0 Å². The lowest BCUT2D eigenvalue weighted by molar-refractivity contribution is 0.0962. The zero-order valence-corrected chi connectivity index (χ0v) is 12.8. The monoisotopic (exact) mass is 284 g/mol. The van der Waals surface area contributed by atoms with Gasteiger partial charge in [0, 0.05) is 30.7 Å². The average molecular weight is 284 g/mol. The Hall–Kier alpha value is -2.43. The molecule has 21 heavy (non-hydrogen) atoms. The van der Waals surface area contributed by atoms with Gasteiger partial charge in [-0.3, -0.25) is 14.8 Å². The zero-order chi connectivity index (χ0) is 15.4. The number of nitrogens with one attached hydrogen (secondary N) is 2. The molecule has 2 rings (SSSR count). The highest BCUT2D eigenvalue weighted by Crippen LogP contribution is 2.24. The number of benzene rings is 1. The minimum atomic E-state index is -0.0838. The van der Waals surface area contributed by atoms with Crippen LogP contribution in [0, 0.1) is 13.8 Å². The molecule has 0 bridgehead atoms. The maximum atomic E-state index is 11.8. The van der Waals surface area contributed by atoms with Crippen LogP contribution in [0.2, 0.25) is 0 Å². The largest absolute Gasteiger partial charge is 0.377 e. The number of anilines is 1. The summed E-state index contributed by atoms with van der Waals surface area (Å²) in [6.07, 6.45) is 3.37. The molecular formula is C16H20N4O. The van der Waals surface area contributed by atoms with Gasteiger partial charge in [0.05, 0.1) is 17.4 Å². The van der Waals surface area contributed by atoms with Crippen molar-refractivity contribution in [1.82, 2.24) is 15.3 Å². The summed E-state index contributed by atoms with van der Waals surface area (Å²) in [5.41, 5.74) is 4.32. The molecule has 1 aromatic carbocycles. The van der Waals surface area contributed by atoms with E-state index in [1.165, 1.54) is 0 Å². The van der Waals surface area contributed by atoms with Gasteiger partial charge in [0.25, 0.3) is 5.91 Å². The molecule has 0 saturated heterocycles. The van der Waals surface area contributed by atoms with E-state index < -0.39 is 0 Å². The lowest BCUT2D eigenvalue weighted by Crippen LogP contribution is -2.20. The molecule has 1 heterocycles. The summed E-state index contributed by atoms with van der Waals surface area (Å²) in [4.78, 5) is 20.5. The van der Waals surface area contributed by atoms with Crippen LogP contribution in [0.5, 0.6) is 0 Å². The predicted molar refractivity (Wildman–Crippen MR) is 83.4 cm³/mol. The van der Waals surface area contributed by atoms with Crippen molar-refractivity contribution in [2.75, 3.05) is 12.4 Å². The Morgan fingerprint density at radius 3 is 2.57 bits per heavy atom. The summed E-state index contributed by atoms with van der Waals surface area (Å²) >= 11 is 0. The Balaban J connectivity index is 2.28. The first kappa shape index (κ1) is 15.0. The smallest absolute Gasteiger partial charge is 0.251 e. The number of amides is 1. The third kappa shape index (κ3) is 3.18. The van der Waals surface area contributed by atoms with E-state index in [0.717, 1.165) is 22.6 Å². The Morgan fingerprint density at radius 1 is 1.19 bits per heavy atom. The van der Waals surface area contributed by atoms with Crippen LogP contribution >= 0.6 is 0 Å². The van der Waals surface area contributed by atoms with Crippen LogP contribution in [0.1, 0.15) is 40.3 Å². The van der Waals surface area contributed by atoms with Crippen molar-refractivity contribution in [2.24, 2.45) is 0 Å². The van der Waals surface area contributed by atoms with E-state index in [1.807, 2.05) is 39.0 Å². The molecule has 1 unspecified atom stereocenters. The second-order valence-electron chi connectivity index (χ2n) is 4.95. The highest BCUT2D eigenvalue weighted by Gasteiger charge is 2.14. The van der Waals surface area contributed by atoms with E-state index in [-0.39, 0.29) is 11.9 Å². The molecular weight excluding hydrogens is 264 g/mol. The van der Waals surface area contributed by atoms with Gasteiger partial charge in [0.2, 0.25) is 0 Å². The number of aryl methyl sites for hydroxylation is 1. The van der Waals surface area contributed by atoms with Crippen molar-refractivity contribution in [3.8, 4) is 0 Å². The topological polar surface area (TPSA) is 66.9 Å². The van der Waals surface area contributed by atoms with E-state index in [0.29, 0.717) is 5.56 Å². The van der Waals surface area contributed by atoms with Crippen molar-refractivity contribution in [3.63, 3.8) is 0 Å². The second-order valence-corrected chi connectivity index (χ2v) is 4.95. The molecule has 0 saturated carbocycles. The molecule has 0 aliphatic rings. The average Bonchev–Trinajstić information content (AvgIpc) is 2.49. The molecule has 2 N–H and O–H groups in total. The van der Waals surface area contributed by atoms with Crippen LogP contribution in [-0.2, 0) is 0 Å². The molecule has 5 nitrogen and oxygen atoms in total. The Kier molecular flexibility index (Phi) is 4.52.